The number of furan rings is 1. The van der Waals surface area contributed by atoms with Crippen LogP contribution in [-0.2, 0) is 6.54 Å². The Balaban J connectivity index is 2.00. The lowest BCUT2D eigenvalue weighted by atomic mass is 10.2. The summed E-state index contributed by atoms with van der Waals surface area (Å²) in [4.78, 5) is 0. The fourth-order valence-corrected chi connectivity index (χ4v) is 1.78. The smallest absolute Gasteiger partial charge is 0.146 e. The quantitative estimate of drug-likeness (QED) is 0.893. The zero-order chi connectivity index (χ0) is 12.3. The van der Waals surface area contributed by atoms with Gasteiger partial charge in [-0.05, 0) is 25.1 Å². The van der Waals surface area contributed by atoms with E-state index in [0.717, 1.165) is 5.76 Å². The second-order valence-electron chi connectivity index (χ2n) is 3.83. The van der Waals surface area contributed by atoms with Crippen LogP contribution < -0.4 is 5.32 Å². The van der Waals surface area contributed by atoms with Gasteiger partial charge in [0.2, 0.25) is 0 Å². The van der Waals surface area contributed by atoms with Gasteiger partial charge in [0.25, 0.3) is 0 Å². The van der Waals surface area contributed by atoms with Crippen molar-refractivity contribution < 1.29 is 8.81 Å². The third-order valence-electron chi connectivity index (χ3n) is 2.60. The van der Waals surface area contributed by atoms with Crippen LogP contribution in [-0.4, -0.2) is 0 Å². The molecule has 0 aliphatic carbocycles. The van der Waals surface area contributed by atoms with Crippen LogP contribution in [0.5, 0.6) is 0 Å². The predicted molar refractivity (Wildman–Crippen MR) is 65.4 cm³/mol. The van der Waals surface area contributed by atoms with Crippen molar-refractivity contribution >= 4 is 11.6 Å². The SMILES string of the molecule is CC(NCc1cccc(Cl)c1F)c1ccco1. The summed E-state index contributed by atoms with van der Waals surface area (Å²) in [5.41, 5.74) is 0.552. The second kappa shape index (κ2) is 5.34. The number of benzene rings is 1. The highest BCUT2D eigenvalue weighted by atomic mass is 35.5. The molecule has 0 spiro atoms. The molecule has 1 aromatic carbocycles. The van der Waals surface area contributed by atoms with Gasteiger partial charge in [-0.25, -0.2) is 4.39 Å². The zero-order valence-electron chi connectivity index (χ0n) is 9.41. The highest BCUT2D eigenvalue weighted by Gasteiger charge is 2.10. The van der Waals surface area contributed by atoms with Gasteiger partial charge in [0, 0.05) is 12.1 Å². The van der Waals surface area contributed by atoms with Gasteiger partial charge >= 0.3 is 0 Å². The third kappa shape index (κ3) is 2.87. The molecule has 0 radical (unpaired) electrons. The first-order chi connectivity index (χ1) is 8.18. The van der Waals surface area contributed by atoms with E-state index in [0.29, 0.717) is 12.1 Å². The van der Waals surface area contributed by atoms with Gasteiger partial charge in [0.1, 0.15) is 11.6 Å². The van der Waals surface area contributed by atoms with Crippen molar-refractivity contribution in [2.45, 2.75) is 19.5 Å². The van der Waals surface area contributed by atoms with Crippen LogP contribution in [0.1, 0.15) is 24.3 Å². The van der Waals surface area contributed by atoms with Crippen LogP contribution in [0.3, 0.4) is 0 Å². The number of nitrogens with one attached hydrogen (secondary N) is 1. The molecule has 2 aromatic rings. The summed E-state index contributed by atoms with van der Waals surface area (Å²) in [5, 5.41) is 3.33. The van der Waals surface area contributed by atoms with Crippen LogP contribution in [0.4, 0.5) is 4.39 Å². The lowest BCUT2D eigenvalue weighted by Gasteiger charge is -2.12. The normalized spacial score (nSPS) is 12.6. The van der Waals surface area contributed by atoms with Gasteiger partial charge in [0.15, 0.2) is 0 Å². The van der Waals surface area contributed by atoms with Crippen molar-refractivity contribution in [1.82, 2.24) is 5.32 Å². The first-order valence-corrected chi connectivity index (χ1v) is 5.76. The maximum absolute atomic E-state index is 13.6. The van der Waals surface area contributed by atoms with Gasteiger partial charge in [-0.15, -0.1) is 0 Å². The van der Waals surface area contributed by atoms with Crippen LogP contribution in [0.2, 0.25) is 5.02 Å². The minimum atomic E-state index is -0.367. The average Bonchev–Trinajstić information content (AvgIpc) is 2.84. The highest BCUT2D eigenvalue weighted by Crippen LogP contribution is 2.19. The first kappa shape index (κ1) is 12.1. The Morgan fingerprint density at radius 3 is 2.88 bits per heavy atom. The van der Waals surface area contributed by atoms with Crippen molar-refractivity contribution in [2.24, 2.45) is 0 Å². The summed E-state index contributed by atoms with van der Waals surface area (Å²) in [5.74, 6) is 0.459. The monoisotopic (exact) mass is 253 g/mol. The van der Waals surface area contributed by atoms with Gasteiger partial charge in [-0.3, -0.25) is 0 Å². The molecule has 0 fully saturated rings. The summed E-state index contributed by atoms with van der Waals surface area (Å²) in [6.07, 6.45) is 1.62. The standard InChI is InChI=1S/C13H13ClFNO/c1-9(12-6-3-7-17-12)16-8-10-4-2-5-11(14)13(10)15/h2-7,9,16H,8H2,1H3. The number of hydrogen-bond donors (Lipinski definition) is 1. The Bertz CT molecular complexity index is 484. The van der Waals surface area contributed by atoms with Crippen LogP contribution in [0.25, 0.3) is 0 Å². The summed E-state index contributed by atoms with van der Waals surface area (Å²) >= 11 is 5.71. The van der Waals surface area contributed by atoms with Crippen molar-refractivity contribution in [3.05, 3.63) is 58.8 Å². The second-order valence-corrected chi connectivity index (χ2v) is 4.24. The molecule has 0 aliphatic heterocycles. The molecule has 90 valence electrons. The molecule has 0 saturated heterocycles. The Morgan fingerprint density at radius 1 is 1.35 bits per heavy atom. The minimum absolute atomic E-state index is 0.0309. The van der Waals surface area contributed by atoms with E-state index in [2.05, 4.69) is 5.32 Å². The van der Waals surface area contributed by atoms with Crippen molar-refractivity contribution in [1.29, 1.82) is 0 Å². The topological polar surface area (TPSA) is 25.2 Å². The van der Waals surface area contributed by atoms with Crippen molar-refractivity contribution in [2.75, 3.05) is 0 Å². The molecule has 0 saturated carbocycles. The van der Waals surface area contributed by atoms with Crippen LogP contribution in [0.15, 0.2) is 41.0 Å². The lowest BCUT2D eigenvalue weighted by Crippen LogP contribution is -2.18. The Hall–Kier alpha value is -1.32. The van der Waals surface area contributed by atoms with Gasteiger partial charge in [-0.1, -0.05) is 23.7 Å². The molecule has 1 aromatic heterocycles. The van der Waals surface area contributed by atoms with E-state index in [1.807, 2.05) is 19.1 Å². The van der Waals surface area contributed by atoms with E-state index in [9.17, 15) is 4.39 Å². The number of halogens is 2. The minimum Gasteiger partial charge on any atom is -0.468 e. The average molecular weight is 254 g/mol. The maximum Gasteiger partial charge on any atom is 0.146 e. The molecule has 4 heteroatoms. The summed E-state index contributed by atoms with van der Waals surface area (Å²) in [7, 11) is 0. The maximum atomic E-state index is 13.6. The number of hydrogen-bond acceptors (Lipinski definition) is 2. The van der Waals surface area contributed by atoms with E-state index < -0.39 is 0 Å². The van der Waals surface area contributed by atoms with Crippen molar-refractivity contribution in [3.8, 4) is 0 Å². The van der Waals surface area contributed by atoms with Gasteiger partial charge in [0.05, 0.1) is 17.3 Å². The molecule has 2 rings (SSSR count). The van der Waals surface area contributed by atoms with Crippen LogP contribution >= 0.6 is 11.6 Å². The van der Waals surface area contributed by atoms with Crippen LogP contribution in [0, 0.1) is 5.82 Å². The molecule has 1 atom stereocenters. The first-order valence-electron chi connectivity index (χ1n) is 5.38. The number of rotatable bonds is 4. The zero-order valence-corrected chi connectivity index (χ0v) is 10.2. The van der Waals surface area contributed by atoms with Gasteiger partial charge in [-0.2, -0.15) is 0 Å². The molecule has 1 N–H and O–H groups in total. The summed E-state index contributed by atoms with van der Waals surface area (Å²) in [6, 6.07) is 8.72. The molecular weight excluding hydrogens is 241 g/mol. The molecular formula is C13H13ClFNO. The van der Waals surface area contributed by atoms with E-state index in [1.165, 1.54) is 6.07 Å². The highest BCUT2D eigenvalue weighted by molar-refractivity contribution is 6.30. The molecule has 2 nitrogen and oxygen atoms in total. The van der Waals surface area contributed by atoms with E-state index in [1.54, 1.807) is 18.4 Å². The fraction of sp³-hybridized carbons (Fsp3) is 0.231. The summed E-state index contributed by atoms with van der Waals surface area (Å²) in [6.45, 7) is 2.37. The van der Waals surface area contributed by atoms with E-state index >= 15 is 0 Å². The largest absolute Gasteiger partial charge is 0.468 e. The molecule has 0 bridgehead atoms. The Morgan fingerprint density at radius 2 is 2.18 bits per heavy atom. The molecule has 0 aliphatic rings. The van der Waals surface area contributed by atoms with E-state index in [4.69, 9.17) is 16.0 Å². The molecule has 1 unspecified atom stereocenters. The molecule has 17 heavy (non-hydrogen) atoms. The third-order valence-corrected chi connectivity index (χ3v) is 2.89. The Kier molecular flexibility index (Phi) is 3.82. The van der Waals surface area contributed by atoms with Gasteiger partial charge < -0.3 is 9.73 Å². The Labute approximate surface area is 104 Å². The predicted octanol–water partition coefficient (Wildman–Crippen LogP) is 3.92. The lowest BCUT2D eigenvalue weighted by molar-refractivity contribution is 0.427. The summed E-state index contributed by atoms with van der Waals surface area (Å²) < 4.78 is 18.9. The molecule has 1 heterocycles. The fourth-order valence-electron chi connectivity index (χ4n) is 1.59. The van der Waals surface area contributed by atoms with Crippen molar-refractivity contribution in [3.63, 3.8) is 0 Å². The molecule has 0 amide bonds. The van der Waals surface area contributed by atoms with E-state index in [-0.39, 0.29) is 16.9 Å².